The van der Waals surface area contributed by atoms with Crippen molar-refractivity contribution in [2.75, 3.05) is 6.54 Å². The Hall–Kier alpha value is -0.810. The normalized spacial score (nSPS) is 20.2. The average Bonchev–Trinajstić information content (AvgIpc) is 2.36. The van der Waals surface area contributed by atoms with Gasteiger partial charge in [-0.2, -0.15) is 0 Å². The van der Waals surface area contributed by atoms with Crippen LogP contribution in [0.3, 0.4) is 0 Å². The lowest BCUT2D eigenvalue weighted by atomic mass is 9.83. The summed E-state index contributed by atoms with van der Waals surface area (Å²) in [6.45, 7) is 5.61. The first-order valence-corrected chi connectivity index (χ1v) is 7.69. The highest BCUT2D eigenvalue weighted by atomic mass is 16.6. The molecule has 118 valence electrons. The molecule has 5 nitrogen and oxygen atoms in total. The molecule has 1 rings (SSSR count). The molecule has 0 unspecified atom stereocenters. The molecular formula is C15H30N2O3. The zero-order valence-electron chi connectivity index (χ0n) is 13.0. The molecule has 1 amide bonds. The monoisotopic (exact) mass is 286 g/mol. The van der Waals surface area contributed by atoms with Crippen molar-refractivity contribution in [3.63, 3.8) is 0 Å². The Balaban J connectivity index is 2.52. The van der Waals surface area contributed by atoms with Crippen LogP contribution >= 0.6 is 0 Å². The summed E-state index contributed by atoms with van der Waals surface area (Å²) in [7, 11) is 0. The molecule has 1 saturated carbocycles. The van der Waals surface area contributed by atoms with Crippen molar-refractivity contribution in [1.82, 2.24) is 5.32 Å². The van der Waals surface area contributed by atoms with E-state index >= 15 is 0 Å². The molecule has 0 aromatic carbocycles. The van der Waals surface area contributed by atoms with Crippen molar-refractivity contribution in [3.8, 4) is 0 Å². The molecule has 0 aromatic rings. The molecule has 0 bridgehead atoms. The number of hydrogen-bond donors (Lipinski definition) is 3. The molecule has 0 spiro atoms. The van der Waals surface area contributed by atoms with Gasteiger partial charge in [0.05, 0.1) is 12.1 Å². The van der Waals surface area contributed by atoms with Crippen LogP contribution in [0.25, 0.3) is 0 Å². The van der Waals surface area contributed by atoms with E-state index in [1.807, 2.05) is 20.8 Å². The zero-order chi connectivity index (χ0) is 15.2. The van der Waals surface area contributed by atoms with E-state index < -0.39 is 17.8 Å². The molecule has 1 aliphatic carbocycles. The number of rotatable bonds is 5. The molecular weight excluding hydrogens is 256 g/mol. The van der Waals surface area contributed by atoms with Gasteiger partial charge >= 0.3 is 6.09 Å². The first kappa shape index (κ1) is 17.2. The highest BCUT2D eigenvalue weighted by Gasteiger charge is 2.27. The molecule has 0 radical (unpaired) electrons. The lowest BCUT2D eigenvalue weighted by Crippen LogP contribution is -2.49. The Bertz CT molecular complexity index is 296. The fraction of sp³-hybridized carbons (Fsp3) is 0.933. The highest BCUT2D eigenvalue weighted by molar-refractivity contribution is 5.68. The topological polar surface area (TPSA) is 84.6 Å². The summed E-state index contributed by atoms with van der Waals surface area (Å²) in [5.74, 6) is 0.560. The van der Waals surface area contributed by atoms with Gasteiger partial charge in [0.2, 0.25) is 0 Å². The number of hydrogen-bond acceptors (Lipinski definition) is 4. The maximum atomic E-state index is 11.8. The van der Waals surface area contributed by atoms with Gasteiger partial charge in [-0.3, -0.25) is 0 Å². The number of aliphatic hydroxyl groups is 1. The number of nitrogens with one attached hydrogen (secondary N) is 1. The SMILES string of the molecule is CC(C)(C)OC(=O)N[C@@H](CC1CCCCC1)[C@@H](O)CN. The Morgan fingerprint density at radius 1 is 1.35 bits per heavy atom. The number of carbonyl (C=O) groups is 1. The summed E-state index contributed by atoms with van der Waals surface area (Å²) in [5.41, 5.74) is 5.00. The van der Waals surface area contributed by atoms with Crippen molar-refractivity contribution in [2.45, 2.75) is 77.0 Å². The first-order chi connectivity index (χ1) is 9.31. The van der Waals surface area contributed by atoms with Crippen LogP contribution < -0.4 is 11.1 Å². The largest absolute Gasteiger partial charge is 0.444 e. The quantitative estimate of drug-likeness (QED) is 0.723. The van der Waals surface area contributed by atoms with E-state index in [2.05, 4.69) is 5.32 Å². The molecule has 4 N–H and O–H groups in total. The van der Waals surface area contributed by atoms with Crippen LogP contribution in [0, 0.1) is 5.92 Å². The minimum atomic E-state index is -0.718. The van der Waals surface area contributed by atoms with Gasteiger partial charge in [0, 0.05) is 6.54 Å². The molecule has 2 atom stereocenters. The summed E-state index contributed by atoms with van der Waals surface area (Å²) in [6, 6.07) is -0.321. The van der Waals surface area contributed by atoms with Crippen molar-refractivity contribution >= 4 is 6.09 Å². The maximum absolute atomic E-state index is 11.8. The number of carbonyl (C=O) groups excluding carboxylic acids is 1. The predicted molar refractivity (Wildman–Crippen MR) is 79.4 cm³/mol. The fourth-order valence-corrected chi connectivity index (χ4v) is 2.72. The Morgan fingerprint density at radius 3 is 2.45 bits per heavy atom. The number of alkyl carbamates (subject to hydrolysis) is 1. The van der Waals surface area contributed by atoms with Crippen LogP contribution in [0.2, 0.25) is 0 Å². The molecule has 1 aliphatic rings. The molecule has 1 fully saturated rings. The van der Waals surface area contributed by atoms with Crippen molar-refractivity contribution < 1.29 is 14.6 Å². The third-order valence-corrected chi connectivity index (χ3v) is 3.72. The molecule has 0 heterocycles. The zero-order valence-corrected chi connectivity index (χ0v) is 13.0. The van der Waals surface area contributed by atoms with Gasteiger partial charge in [0.1, 0.15) is 5.60 Å². The van der Waals surface area contributed by atoms with E-state index in [0.29, 0.717) is 5.92 Å². The lowest BCUT2D eigenvalue weighted by Gasteiger charge is -2.30. The second-order valence-corrected chi connectivity index (χ2v) is 6.80. The van der Waals surface area contributed by atoms with Crippen LogP contribution in [0.5, 0.6) is 0 Å². The molecule has 20 heavy (non-hydrogen) atoms. The van der Waals surface area contributed by atoms with Crippen molar-refractivity contribution in [3.05, 3.63) is 0 Å². The predicted octanol–water partition coefficient (Wildman–Crippen LogP) is 2.17. The Morgan fingerprint density at radius 2 is 1.95 bits per heavy atom. The van der Waals surface area contributed by atoms with E-state index in [9.17, 15) is 9.90 Å². The van der Waals surface area contributed by atoms with Gasteiger partial charge in [-0.1, -0.05) is 32.1 Å². The summed E-state index contributed by atoms with van der Waals surface area (Å²) in [4.78, 5) is 11.8. The highest BCUT2D eigenvalue weighted by Crippen LogP contribution is 2.28. The average molecular weight is 286 g/mol. The van der Waals surface area contributed by atoms with Gasteiger partial charge < -0.3 is 20.9 Å². The van der Waals surface area contributed by atoms with Gasteiger partial charge in [0.15, 0.2) is 0 Å². The smallest absolute Gasteiger partial charge is 0.407 e. The lowest BCUT2D eigenvalue weighted by molar-refractivity contribution is 0.0402. The number of amides is 1. The van der Waals surface area contributed by atoms with Crippen molar-refractivity contribution in [2.24, 2.45) is 11.7 Å². The molecule has 0 aromatic heterocycles. The van der Waals surface area contributed by atoms with Crippen LogP contribution in [-0.2, 0) is 4.74 Å². The van der Waals surface area contributed by atoms with Crippen LogP contribution in [0.15, 0.2) is 0 Å². The summed E-state index contributed by atoms with van der Waals surface area (Å²) >= 11 is 0. The Kier molecular flexibility index (Phi) is 6.76. The standard InChI is InChI=1S/C15H30N2O3/c1-15(2,3)20-14(19)17-12(13(18)10-16)9-11-7-5-4-6-8-11/h11-13,18H,4-10,16H2,1-3H3,(H,17,19)/t12-,13-/m0/s1. The van der Waals surface area contributed by atoms with E-state index in [1.165, 1.54) is 32.1 Å². The minimum absolute atomic E-state index is 0.146. The third kappa shape index (κ3) is 6.57. The van der Waals surface area contributed by atoms with E-state index in [-0.39, 0.29) is 12.6 Å². The molecule has 5 heteroatoms. The summed E-state index contributed by atoms with van der Waals surface area (Å²) in [5, 5.41) is 12.8. The van der Waals surface area contributed by atoms with Crippen LogP contribution in [0.1, 0.15) is 59.3 Å². The Labute approximate surface area is 122 Å². The number of ether oxygens (including phenoxy) is 1. The number of aliphatic hydroxyl groups excluding tert-OH is 1. The van der Waals surface area contributed by atoms with E-state index in [1.54, 1.807) is 0 Å². The van der Waals surface area contributed by atoms with Crippen LogP contribution in [0.4, 0.5) is 4.79 Å². The van der Waals surface area contributed by atoms with Gasteiger partial charge in [-0.05, 0) is 33.1 Å². The maximum Gasteiger partial charge on any atom is 0.407 e. The molecule has 0 saturated heterocycles. The van der Waals surface area contributed by atoms with Crippen LogP contribution in [-0.4, -0.2) is 35.5 Å². The first-order valence-electron chi connectivity index (χ1n) is 7.69. The third-order valence-electron chi connectivity index (χ3n) is 3.72. The van der Waals surface area contributed by atoms with Gasteiger partial charge in [0.25, 0.3) is 0 Å². The van der Waals surface area contributed by atoms with E-state index in [4.69, 9.17) is 10.5 Å². The second-order valence-electron chi connectivity index (χ2n) is 6.80. The summed E-state index contributed by atoms with van der Waals surface area (Å²) in [6.07, 6.45) is 5.69. The van der Waals surface area contributed by atoms with Crippen molar-refractivity contribution in [1.29, 1.82) is 0 Å². The number of nitrogens with two attached hydrogens (primary N) is 1. The van der Waals surface area contributed by atoms with E-state index in [0.717, 1.165) is 6.42 Å². The molecule has 0 aliphatic heterocycles. The summed E-state index contributed by atoms with van der Waals surface area (Å²) < 4.78 is 5.25. The minimum Gasteiger partial charge on any atom is -0.444 e. The van der Waals surface area contributed by atoms with Gasteiger partial charge in [-0.15, -0.1) is 0 Å². The fourth-order valence-electron chi connectivity index (χ4n) is 2.72. The van der Waals surface area contributed by atoms with Gasteiger partial charge in [-0.25, -0.2) is 4.79 Å². The second kappa shape index (κ2) is 7.84.